The van der Waals surface area contributed by atoms with E-state index in [1.165, 1.54) is 13.1 Å². The minimum atomic E-state index is -3.23. The fraction of sp³-hybridized carbons (Fsp3) is 0.267. The topological polar surface area (TPSA) is 115 Å². The molecule has 1 N–H and O–H groups in total. The van der Waals surface area contributed by atoms with Crippen molar-refractivity contribution < 1.29 is 27.5 Å². The molecule has 1 saturated heterocycles. The summed E-state index contributed by atoms with van der Waals surface area (Å²) in [5, 5.41) is 6.70. The minimum absolute atomic E-state index is 0.0253. The van der Waals surface area contributed by atoms with Gasteiger partial charge in [-0.25, -0.2) is 14.4 Å². The van der Waals surface area contributed by atoms with Crippen LogP contribution in [0.5, 0.6) is 5.75 Å². The molecule has 2 aliphatic rings. The van der Waals surface area contributed by atoms with E-state index in [1.807, 2.05) is 19.9 Å². The predicted molar refractivity (Wildman–Crippen MR) is 154 cm³/mol. The van der Waals surface area contributed by atoms with E-state index >= 15 is 0 Å². The van der Waals surface area contributed by atoms with Gasteiger partial charge in [0.25, 0.3) is 5.91 Å². The molecule has 10 nitrogen and oxygen atoms in total. The number of nitrogens with one attached hydrogen (secondary N) is 1. The summed E-state index contributed by atoms with van der Waals surface area (Å²) in [6, 6.07) is 3.81. The van der Waals surface area contributed by atoms with Gasteiger partial charge in [0, 0.05) is 18.9 Å². The van der Waals surface area contributed by atoms with Crippen molar-refractivity contribution in [2.75, 3.05) is 16.8 Å². The lowest BCUT2D eigenvalue weighted by atomic mass is 9.89. The average Bonchev–Trinajstić information content (AvgIpc) is 3.51. The van der Waals surface area contributed by atoms with Gasteiger partial charge in [-0.05, 0) is 50.1 Å². The second kappa shape index (κ2) is 11.3. The van der Waals surface area contributed by atoms with Crippen LogP contribution in [0.2, 0.25) is 5.02 Å². The molecule has 44 heavy (non-hydrogen) atoms. The number of aromatic nitrogens is 5. The third kappa shape index (κ3) is 5.22. The summed E-state index contributed by atoms with van der Waals surface area (Å²) >= 11 is 5.87. The fourth-order valence-electron chi connectivity index (χ4n) is 5.12. The van der Waals surface area contributed by atoms with Crippen LogP contribution in [0.1, 0.15) is 40.3 Å². The largest absolute Gasteiger partial charge is 0.434 e. The second-order valence-electron chi connectivity index (χ2n) is 10.4. The molecule has 3 atom stereocenters. The molecule has 4 heterocycles. The first-order chi connectivity index (χ1) is 21.0. The van der Waals surface area contributed by atoms with Crippen molar-refractivity contribution in [1.82, 2.24) is 24.7 Å². The molecular formula is C30H23ClF3N7O3. The first-order valence-electron chi connectivity index (χ1n) is 13.4. The fourth-order valence-corrected chi connectivity index (χ4v) is 5.28. The van der Waals surface area contributed by atoms with Gasteiger partial charge in [0.15, 0.2) is 5.82 Å². The highest BCUT2D eigenvalue weighted by Crippen LogP contribution is 2.37. The summed E-state index contributed by atoms with van der Waals surface area (Å²) in [7, 11) is 0. The number of hydrogen-bond acceptors (Lipinski definition) is 7. The summed E-state index contributed by atoms with van der Waals surface area (Å²) < 4.78 is 46.9. The smallest absolute Gasteiger partial charge is 0.387 e. The number of fused-ring (bicyclic) bond motifs is 1. The highest BCUT2D eigenvalue weighted by atomic mass is 35.5. The molecule has 1 aliphatic heterocycles. The number of anilines is 2. The molecule has 2 amide bonds. The molecule has 4 aromatic rings. The Hall–Kier alpha value is -4.96. The van der Waals surface area contributed by atoms with Crippen molar-refractivity contribution in [2.45, 2.75) is 33.4 Å². The van der Waals surface area contributed by atoms with Gasteiger partial charge in [-0.3, -0.25) is 24.2 Å². The van der Waals surface area contributed by atoms with Crippen LogP contribution in [0.25, 0.3) is 11.3 Å². The van der Waals surface area contributed by atoms with E-state index in [4.69, 9.17) is 11.6 Å². The quantitative estimate of drug-likeness (QED) is 0.269. The lowest BCUT2D eigenvalue weighted by Gasteiger charge is -2.19. The van der Waals surface area contributed by atoms with Crippen molar-refractivity contribution in [2.24, 2.45) is 11.8 Å². The molecule has 0 saturated carbocycles. The first-order valence-corrected chi connectivity index (χ1v) is 13.8. The van der Waals surface area contributed by atoms with Crippen LogP contribution in [0.4, 0.5) is 24.7 Å². The van der Waals surface area contributed by atoms with Crippen LogP contribution in [-0.4, -0.2) is 49.7 Å². The molecule has 1 unspecified atom stereocenters. The van der Waals surface area contributed by atoms with Gasteiger partial charge in [-0.15, -0.1) is 0 Å². The molecule has 6 rings (SSSR count). The van der Waals surface area contributed by atoms with Crippen LogP contribution >= 0.6 is 11.6 Å². The van der Waals surface area contributed by atoms with E-state index in [-0.39, 0.29) is 45.9 Å². The molecule has 3 aromatic heterocycles. The van der Waals surface area contributed by atoms with Gasteiger partial charge >= 0.3 is 6.61 Å². The van der Waals surface area contributed by atoms with Gasteiger partial charge in [0.05, 0.1) is 52.0 Å². The molecule has 0 radical (unpaired) electrons. The Labute approximate surface area is 254 Å². The number of benzene rings is 1. The number of carbonyl (C=O) groups is 2. The van der Waals surface area contributed by atoms with Gasteiger partial charge in [0.1, 0.15) is 23.2 Å². The van der Waals surface area contributed by atoms with E-state index in [2.05, 4.69) is 41.9 Å². The summed E-state index contributed by atoms with van der Waals surface area (Å²) in [6.45, 7) is 2.62. The monoisotopic (exact) mass is 621 g/mol. The van der Waals surface area contributed by atoms with E-state index < -0.39 is 29.6 Å². The number of pyridine rings is 1. The average molecular weight is 622 g/mol. The van der Waals surface area contributed by atoms with Crippen LogP contribution in [0, 0.1) is 43.3 Å². The Morgan fingerprint density at radius 3 is 2.64 bits per heavy atom. The number of ether oxygens (including phenoxy) is 1. The third-order valence-electron chi connectivity index (χ3n) is 7.50. The SMILES string of the molecule is Cc1cc(C(C)n2cc(NC(=O)c3nc(-c4c(OC(F)F)ccc(Cl)c4F)cnc3C)cn2)cnc1N1C[C@H]2C#C[C@H]2C1=O. The maximum absolute atomic E-state index is 14.9. The maximum Gasteiger partial charge on any atom is 0.387 e. The molecular weight excluding hydrogens is 599 g/mol. The summed E-state index contributed by atoms with van der Waals surface area (Å²) in [4.78, 5) is 40.3. The molecule has 1 aromatic carbocycles. The van der Waals surface area contributed by atoms with Gasteiger partial charge < -0.3 is 10.1 Å². The summed E-state index contributed by atoms with van der Waals surface area (Å²) in [6.07, 6.45) is 5.88. The lowest BCUT2D eigenvalue weighted by Crippen LogP contribution is -2.28. The molecule has 1 fully saturated rings. The number of carbonyl (C=O) groups excluding carboxylic acids is 2. The van der Waals surface area contributed by atoms with Crippen molar-refractivity contribution in [1.29, 1.82) is 0 Å². The minimum Gasteiger partial charge on any atom is -0.434 e. The van der Waals surface area contributed by atoms with E-state index in [0.29, 0.717) is 18.1 Å². The lowest BCUT2D eigenvalue weighted by molar-refractivity contribution is -0.119. The number of hydrogen-bond donors (Lipinski definition) is 1. The first kappa shape index (κ1) is 29.1. The Kier molecular flexibility index (Phi) is 7.46. The number of nitrogens with zero attached hydrogens (tertiary/aromatic N) is 6. The second-order valence-corrected chi connectivity index (χ2v) is 10.8. The zero-order valence-corrected chi connectivity index (χ0v) is 24.2. The Morgan fingerprint density at radius 2 is 1.98 bits per heavy atom. The van der Waals surface area contributed by atoms with E-state index in [0.717, 1.165) is 29.5 Å². The summed E-state index contributed by atoms with van der Waals surface area (Å²) in [5.41, 5.74) is 1.37. The van der Waals surface area contributed by atoms with Crippen LogP contribution in [-0.2, 0) is 4.79 Å². The van der Waals surface area contributed by atoms with E-state index in [9.17, 15) is 22.8 Å². The zero-order chi connectivity index (χ0) is 31.3. The van der Waals surface area contributed by atoms with Gasteiger partial charge in [0.2, 0.25) is 5.91 Å². The molecule has 14 heteroatoms. The Balaban J connectivity index is 1.20. The molecule has 1 aliphatic carbocycles. The Morgan fingerprint density at radius 1 is 1.18 bits per heavy atom. The van der Waals surface area contributed by atoms with Crippen LogP contribution < -0.4 is 15.0 Å². The number of alkyl halides is 2. The number of rotatable bonds is 8. The van der Waals surface area contributed by atoms with Crippen LogP contribution in [0.15, 0.2) is 43.0 Å². The Bertz CT molecular complexity index is 1890. The normalized spacial score (nSPS) is 17.5. The van der Waals surface area contributed by atoms with Gasteiger partial charge in [-0.1, -0.05) is 23.4 Å². The molecule has 224 valence electrons. The molecule has 0 bridgehead atoms. The predicted octanol–water partition coefficient (Wildman–Crippen LogP) is 5.20. The van der Waals surface area contributed by atoms with Crippen LogP contribution in [0.3, 0.4) is 0 Å². The van der Waals surface area contributed by atoms with Crippen molar-refractivity contribution in [3.05, 3.63) is 76.3 Å². The zero-order valence-electron chi connectivity index (χ0n) is 23.5. The van der Waals surface area contributed by atoms with Crippen molar-refractivity contribution >= 4 is 34.9 Å². The van der Waals surface area contributed by atoms with E-state index in [1.54, 1.807) is 22.0 Å². The standard InChI is InChI=1S/C30H23ClF3N7O3/c1-14-8-18(9-36-27(14)40-12-17-4-5-20(17)29(40)43)16(3)41-13-19(10-37-41)38-28(42)26-15(2)35-11-22(39-26)24-23(44-30(33)34)7-6-21(31)25(24)32/h6-11,13,16-17,20,30H,12H2,1-3H3,(H,38,42)/t16?,17-,20-/m1/s1. The maximum atomic E-state index is 14.9. The van der Waals surface area contributed by atoms with Gasteiger partial charge in [-0.2, -0.15) is 13.9 Å². The van der Waals surface area contributed by atoms with Crippen molar-refractivity contribution in [3.8, 4) is 28.8 Å². The number of aryl methyl sites for hydroxylation is 2. The summed E-state index contributed by atoms with van der Waals surface area (Å²) in [5.74, 6) is 4.10. The number of halogens is 4. The number of amides is 2. The molecule has 0 spiro atoms. The highest BCUT2D eigenvalue weighted by Gasteiger charge is 2.44. The third-order valence-corrected chi connectivity index (χ3v) is 7.80. The van der Waals surface area contributed by atoms with Crippen molar-refractivity contribution in [3.63, 3.8) is 0 Å². The highest BCUT2D eigenvalue weighted by molar-refractivity contribution is 6.31.